The van der Waals surface area contributed by atoms with Gasteiger partial charge in [-0.25, -0.2) is 4.79 Å². The van der Waals surface area contributed by atoms with Gasteiger partial charge in [-0.1, -0.05) is 13.3 Å². The van der Waals surface area contributed by atoms with E-state index in [0.717, 1.165) is 16.2 Å². The van der Waals surface area contributed by atoms with Gasteiger partial charge in [0.2, 0.25) is 0 Å². The molecule has 4 amide bonds. The Hall–Kier alpha value is -3.55. The number of hydrogen-bond acceptors (Lipinski definition) is 6. The highest BCUT2D eigenvalue weighted by atomic mass is 16.5. The van der Waals surface area contributed by atoms with Gasteiger partial charge in [-0.15, -0.1) is 0 Å². The molecule has 0 spiro atoms. The van der Waals surface area contributed by atoms with Crippen molar-refractivity contribution in [2.24, 2.45) is 0 Å². The monoisotopic (exact) mass is 412 g/mol. The average molecular weight is 412 g/mol. The highest BCUT2D eigenvalue weighted by molar-refractivity contribution is 6.30. The lowest BCUT2D eigenvalue weighted by molar-refractivity contribution is -0.136. The van der Waals surface area contributed by atoms with Crippen molar-refractivity contribution in [2.75, 3.05) is 20.8 Å². The molecule has 0 aliphatic carbocycles. The van der Waals surface area contributed by atoms with Crippen molar-refractivity contribution in [3.05, 3.63) is 53.5 Å². The predicted molar refractivity (Wildman–Crippen MR) is 109 cm³/mol. The highest BCUT2D eigenvalue weighted by Crippen LogP contribution is 2.29. The molecule has 1 aliphatic rings. The number of imide groups is 2. The molecular weight excluding hydrogens is 388 g/mol. The molecule has 0 unspecified atom stereocenters. The molecule has 0 bridgehead atoms. The fraction of sp³-hybridized carbons (Fsp3) is 0.318. The van der Waals surface area contributed by atoms with E-state index in [0.29, 0.717) is 29.2 Å². The Bertz CT molecular complexity index is 964. The summed E-state index contributed by atoms with van der Waals surface area (Å²) in [6, 6.07) is 7.75. The number of benzene rings is 1. The van der Waals surface area contributed by atoms with Gasteiger partial charge in [-0.05, 0) is 36.8 Å². The Morgan fingerprint density at radius 1 is 1.03 bits per heavy atom. The van der Waals surface area contributed by atoms with Gasteiger partial charge in [-0.2, -0.15) is 0 Å². The number of barbiturate groups is 1. The molecule has 8 heteroatoms. The fourth-order valence-electron chi connectivity index (χ4n) is 3.13. The summed E-state index contributed by atoms with van der Waals surface area (Å²) in [6.07, 6.45) is 4.35. The molecular formula is C22H24N2O6. The number of hydrogen-bond donors (Lipinski definition) is 0. The molecule has 1 saturated heterocycles. The number of methoxy groups -OCH3 is 2. The van der Waals surface area contributed by atoms with Crippen LogP contribution in [0.1, 0.15) is 31.1 Å². The largest absolute Gasteiger partial charge is 0.497 e. The summed E-state index contributed by atoms with van der Waals surface area (Å²) in [6.45, 7) is 2.13. The van der Waals surface area contributed by atoms with Crippen molar-refractivity contribution < 1.29 is 28.3 Å². The van der Waals surface area contributed by atoms with E-state index in [-0.39, 0.29) is 18.7 Å². The standard InChI is InChI=1S/C22H24N2O6/c1-4-5-10-23-20(25)18(12-15-8-9-16(28-2)13-19(15)29-3)21(26)24(22(23)27)14-17-7-6-11-30-17/h6-9,11-13H,4-5,10,14H2,1-3H3/b18-12+. The van der Waals surface area contributed by atoms with Crippen LogP contribution in [0.5, 0.6) is 11.5 Å². The van der Waals surface area contributed by atoms with Crippen LogP contribution in [0.25, 0.3) is 6.08 Å². The minimum absolute atomic E-state index is 0.0579. The van der Waals surface area contributed by atoms with Crippen molar-refractivity contribution in [1.29, 1.82) is 0 Å². The molecule has 0 saturated carbocycles. The van der Waals surface area contributed by atoms with Gasteiger partial charge in [0.05, 0.1) is 27.0 Å². The Kier molecular flexibility index (Phi) is 6.56. The average Bonchev–Trinajstić information content (AvgIpc) is 3.27. The molecule has 0 N–H and O–H groups in total. The van der Waals surface area contributed by atoms with Crippen LogP contribution < -0.4 is 9.47 Å². The Morgan fingerprint density at radius 3 is 2.43 bits per heavy atom. The third-order valence-electron chi connectivity index (χ3n) is 4.78. The number of carbonyl (C=O) groups excluding carboxylic acids is 3. The number of unbranched alkanes of at least 4 members (excludes halogenated alkanes) is 1. The number of ether oxygens (including phenoxy) is 2. The van der Waals surface area contributed by atoms with Crippen LogP contribution in [-0.2, 0) is 16.1 Å². The smallest absolute Gasteiger partial charge is 0.334 e. The van der Waals surface area contributed by atoms with Crippen LogP contribution in [0.3, 0.4) is 0 Å². The normalized spacial score (nSPS) is 15.8. The van der Waals surface area contributed by atoms with E-state index < -0.39 is 17.8 Å². The van der Waals surface area contributed by atoms with Crippen LogP contribution in [0.4, 0.5) is 4.79 Å². The van der Waals surface area contributed by atoms with Gasteiger partial charge < -0.3 is 13.9 Å². The maximum atomic E-state index is 13.1. The van der Waals surface area contributed by atoms with Crippen LogP contribution in [0, 0.1) is 0 Å². The summed E-state index contributed by atoms with van der Waals surface area (Å²) in [5, 5.41) is 0. The molecule has 2 heterocycles. The van der Waals surface area contributed by atoms with Gasteiger partial charge in [0.25, 0.3) is 11.8 Å². The van der Waals surface area contributed by atoms with E-state index >= 15 is 0 Å². The van der Waals surface area contributed by atoms with E-state index in [4.69, 9.17) is 13.9 Å². The van der Waals surface area contributed by atoms with Crippen LogP contribution in [0.15, 0.2) is 46.6 Å². The lowest BCUT2D eigenvalue weighted by Gasteiger charge is -2.33. The first kappa shape index (κ1) is 21.2. The van der Waals surface area contributed by atoms with E-state index in [9.17, 15) is 14.4 Å². The molecule has 1 aromatic heterocycles. The lowest BCUT2D eigenvalue weighted by atomic mass is 10.0. The molecule has 0 radical (unpaired) electrons. The molecule has 0 atom stereocenters. The zero-order valence-electron chi connectivity index (χ0n) is 17.2. The van der Waals surface area contributed by atoms with E-state index in [2.05, 4.69) is 0 Å². The van der Waals surface area contributed by atoms with Crippen LogP contribution in [0.2, 0.25) is 0 Å². The summed E-state index contributed by atoms with van der Waals surface area (Å²) >= 11 is 0. The second-order valence-corrected chi connectivity index (χ2v) is 6.73. The first-order valence-corrected chi connectivity index (χ1v) is 9.64. The molecule has 1 fully saturated rings. The van der Waals surface area contributed by atoms with Gasteiger partial charge in [0.15, 0.2) is 0 Å². The van der Waals surface area contributed by atoms with E-state index in [1.54, 1.807) is 30.3 Å². The van der Waals surface area contributed by atoms with Crippen molar-refractivity contribution in [1.82, 2.24) is 9.80 Å². The molecule has 1 aliphatic heterocycles. The van der Waals surface area contributed by atoms with Crippen LogP contribution >= 0.6 is 0 Å². The maximum Gasteiger partial charge on any atom is 0.334 e. The number of nitrogens with zero attached hydrogens (tertiary/aromatic N) is 2. The zero-order valence-corrected chi connectivity index (χ0v) is 17.2. The van der Waals surface area contributed by atoms with Gasteiger partial charge in [-0.3, -0.25) is 19.4 Å². The van der Waals surface area contributed by atoms with E-state index in [1.165, 1.54) is 26.6 Å². The first-order chi connectivity index (χ1) is 14.5. The van der Waals surface area contributed by atoms with Gasteiger partial charge in [0.1, 0.15) is 22.8 Å². The van der Waals surface area contributed by atoms with Crippen molar-refractivity contribution in [3.63, 3.8) is 0 Å². The lowest BCUT2D eigenvalue weighted by Crippen LogP contribution is -2.56. The number of urea groups is 1. The summed E-state index contributed by atoms with van der Waals surface area (Å²) in [4.78, 5) is 41.1. The number of furan rings is 1. The quantitative estimate of drug-likeness (QED) is 0.487. The maximum absolute atomic E-state index is 13.1. The van der Waals surface area contributed by atoms with Crippen LogP contribution in [-0.4, -0.2) is 48.4 Å². The molecule has 30 heavy (non-hydrogen) atoms. The summed E-state index contributed by atoms with van der Waals surface area (Å²) in [7, 11) is 3.02. The Labute approximate surface area is 174 Å². The summed E-state index contributed by atoms with van der Waals surface area (Å²) in [5.41, 5.74) is 0.415. The second-order valence-electron chi connectivity index (χ2n) is 6.73. The Balaban J connectivity index is 2.02. The highest BCUT2D eigenvalue weighted by Gasteiger charge is 2.42. The molecule has 2 aromatic rings. The third-order valence-corrected chi connectivity index (χ3v) is 4.78. The first-order valence-electron chi connectivity index (χ1n) is 9.64. The topological polar surface area (TPSA) is 89.3 Å². The molecule has 1 aromatic carbocycles. The minimum Gasteiger partial charge on any atom is -0.497 e. The predicted octanol–water partition coefficient (Wildman–Crippen LogP) is 3.47. The van der Waals surface area contributed by atoms with Crippen molar-refractivity contribution in [3.8, 4) is 11.5 Å². The molecule has 3 rings (SSSR count). The molecule has 8 nitrogen and oxygen atoms in total. The summed E-state index contributed by atoms with van der Waals surface area (Å²) in [5.74, 6) is 0.174. The zero-order chi connectivity index (χ0) is 21.7. The fourth-order valence-corrected chi connectivity index (χ4v) is 3.13. The van der Waals surface area contributed by atoms with Crippen molar-refractivity contribution >= 4 is 23.9 Å². The van der Waals surface area contributed by atoms with Gasteiger partial charge in [0, 0.05) is 18.2 Å². The summed E-state index contributed by atoms with van der Waals surface area (Å²) < 4.78 is 15.8. The third kappa shape index (κ3) is 4.22. The van der Waals surface area contributed by atoms with E-state index in [1.807, 2.05) is 6.92 Å². The SMILES string of the molecule is CCCCN1C(=O)/C(=C\c2ccc(OC)cc2OC)C(=O)N(Cc2ccco2)C1=O. The number of carbonyl (C=O) groups is 3. The minimum atomic E-state index is -0.674. The second kappa shape index (κ2) is 9.30. The Morgan fingerprint density at radius 2 is 1.80 bits per heavy atom. The number of amides is 4. The van der Waals surface area contributed by atoms with Crippen molar-refractivity contribution in [2.45, 2.75) is 26.3 Å². The van der Waals surface area contributed by atoms with Gasteiger partial charge >= 0.3 is 6.03 Å². The molecule has 158 valence electrons. The number of rotatable bonds is 8.